The molecule has 41 heavy (non-hydrogen) atoms. The summed E-state index contributed by atoms with van der Waals surface area (Å²) in [5, 5.41) is 15.4. The maximum atomic E-state index is 11.5. The van der Waals surface area contributed by atoms with Crippen molar-refractivity contribution in [2.45, 2.75) is 6.92 Å². The van der Waals surface area contributed by atoms with E-state index in [-0.39, 0.29) is 5.75 Å². The highest BCUT2D eigenvalue weighted by Gasteiger charge is 2.10. The van der Waals surface area contributed by atoms with Crippen LogP contribution in [0.5, 0.6) is 11.6 Å². The number of anilines is 3. The third kappa shape index (κ3) is 6.07. The maximum absolute atomic E-state index is 11.5. The zero-order valence-corrected chi connectivity index (χ0v) is 23.1. The van der Waals surface area contributed by atoms with Gasteiger partial charge in [0, 0.05) is 35.6 Å². The second-order valence-electron chi connectivity index (χ2n) is 9.62. The van der Waals surface area contributed by atoms with Crippen molar-refractivity contribution < 1.29 is 13.2 Å². The number of rotatable bonds is 9. The molecule has 3 aromatic carbocycles. The zero-order chi connectivity index (χ0) is 28.4. The van der Waals surface area contributed by atoms with Gasteiger partial charge in [0.15, 0.2) is 5.65 Å². The van der Waals surface area contributed by atoms with Crippen LogP contribution in [0.2, 0.25) is 0 Å². The van der Waals surface area contributed by atoms with Gasteiger partial charge in [0.25, 0.3) is 0 Å². The van der Waals surface area contributed by atoms with Gasteiger partial charge in [-0.05, 0) is 66.1 Å². The summed E-state index contributed by atoms with van der Waals surface area (Å²) in [4.78, 5) is 13.3. The van der Waals surface area contributed by atoms with Crippen LogP contribution < -0.4 is 15.4 Å². The van der Waals surface area contributed by atoms with Crippen molar-refractivity contribution >= 4 is 43.6 Å². The second kappa shape index (κ2) is 10.8. The molecule has 0 fully saturated rings. The fraction of sp³-hybridized carbons (Fsp3) is 0.138. The Morgan fingerprint density at radius 2 is 1.78 bits per heavy atom. The van der Waals surface area contributed by atoms with E-state index in [1.54, 1.807) is 23.1 Å². The molecular weight excluding hydrogens is 540 g/mol. The first-order valence-electron chi connectivity index (χ1n) is 12.8. The van der Waals surface area contributed by atoms with Crippen LogP contribution in [-0.2, 0) is 9.84 Å². The minimum Gasteiger partial charge on any atom is -0.439 e. The predicted octanol–water partition coefficient (Wildman–Crippen LogP) is 5.04. The molecule has 0 spiro atoms. The van der Waals surface area contributed by atoms with Gasteiger partial charge in [-0.25, -0.2) is 23.4 Å². The van der Waals surface area contributed by atoms with E-state index in [2.05, 4.69) is 35.8 Å². The van der Waals surface area contributed by atoms with Crippen molar-refractivity contribution in [2.75, 3.05) is 29.2 Å². The highest BCUT2D eigenvalue weighted by atomic mass is 32.2. The monoisotopic (exact) mass is 566 g/mol. The number of benzene rings is 3. The summed E-state index contributed by atoms with van der Waals surface area (Å²) in [6, 6.07) is 21.4. The molecule has 12 heteroatoms. The maximum Gasteiger partial charge on any atom is 0.224 e. The number of nitrogens with zero attached hydrogens (tertiary/aromatic N) is 6. The van der Waals surface area contributed by atoms with E-state index in [1.165, 1.54) is 12.6 Å². The minimum absolute atomic E-state index is 0.0713. The molecule has 3 aromatic heterocycles. The Hall–Kier alpha value is -5.10. The summed E-state index contributed by atoms with van der Waals surface area (Å²) < 4.78 is 30.6. The molecule has 0 saturated carbocycles. The Bertz CT molecular complexity index is 1990. The van der Waals surface area contributed by atoms with Gasteiger partial charge in [-0.2, -0.15) is 0 Å². The summed E-state index contributed by atoms with van der Waals surface area (Å²) in [5.41, 5.74) is 6.04. The van der Waals surface area contributed by atoms with Crippen molar-refractivity contribution in [3.8, 4) is 22.8 Å². The third-order valence-corrected chi connectivity index (χ3v) is 7.39. The van der Waals surface area contributed by atoms with E-state index in [0.29, 0.717) is 29.6 Å². The van der Waals surface area contributed by atoms with Gasteiger partial charge in [0.1, 0.15) is 40.4 Å². The van der Waals surface area contributed by atoms with Crippen molar-refractivity contribution in [3.05, 3.63) is 91.3 Å². The molecular formula is C29H26N8O3S. The SMILES string of the molecule is Cc1cc(Nc2ncnc3ccc(-c4cccc(NCCS(C)(=O)=O)c4)cc23)ccc1Oc1cc2nncn2cn1. The molecule has 206 valence electrons. The fourth-order valence-corrected chi connectivity index (χ4v) is 4.86. The van der Waals surface area contributed by atoms with Crippen LogP contribution in [-0.4, -0.2) is 56.5 Å². The molecule has 0 aliphatic carbocycles. The number of fused-ring (bicyclic) bond motifs is 2. The topological polar surface area (TPSA) is 136 Å². The van der Waals surface area contributed by atoms with Crippen LogP contribution >= 0.6 is 0 Å². The molecule has 11 nitrogen and oxygen atoms in total. The third-order valence-electron chi connectivity index (χ3n) is 6.45. The van der Waals surface area contributed by atoms with E-state index >= 15 is 0 Å². The zero-order valence-electron chi connectivity index (χ0n) is 22.3. The van der Waals surface area contributed by atoms with Gasteiger partial charge < -0.3 is 15.4 Å². The van der Waals surface area contributed by atoms with Gasteiger partial charge in [-0.3, -0.25) is 4.40 Å². The van der Waals surface area contributed by atoms with E-state index in [4.69, 9.17) is 4.74 Å². The molecule has 0 saturated heterocycles. The number of nitrogens with one attached hydrogen (secondary N) is 2. The lowest BCUT2D eigenvalue weighted by Crippen LogP contribution is -2.14. The van der Waals surface area contributed by atoms with E-state index in [0.717, 1.165) is 39.0 Å². The first-order valence-corrected chi connectivity index (χ1v) is 14.8. The second-order valence-corrected chi connectivity index (χ2v) is 11.9. The molecule has 0 unspecified atom stereocenters. The summed E-state index contributed by atoms with van der Waals surface area (Å²) >= 11 is 0. The molecule has 0 bridgehead atoms. The molecule has 0 atom stereocenters. The molecule has 2 N–H and O–H groups in total. The van der Waals surface area contributed by atoms with Gasteiger partial charge in [-0.15, -0.1) is 10.2 Å². The Morgan fingerprint density at radius 3 is 2.63 bits per heavy atom. The molecule has 0 aliphatic rings. The quantitative estimate of drug-likeness (QED) is 0.245. The number of ether oxygens (including phenoxy) is 1. The van der Waals surface area contributed by atoms with Crippen LogP contribution in [0.3, 0.4) is 0 Å². The molecule has 3 heterocycles. The average Bonchev–Trinajstić information content (AvgIpc) is 3.42. The number of hydrogen-bond donors (Lipinski definition) is 2. The normalized spacial score (nSPS) is 11.6. The van der Waals surface area contributed by atoms with Crippen molar-refractivity contribution in [1.29, 1.82) is 0 Å². The number of sulfone groups is 1. The number of hydrogen-bond acceptors (Lipinski definition) is 10. The predicted molar refractivity (Wildman–Crippen MR) is 158 cm³/mol. The lowest BCUT2D eigenvalue weighted by Gasteiger charge is -2.13. The first kappa shape index (κ1) is 26.1. The Morgan fingerprint density at radius 1 is 0.902 bits per heavy atom. The van der Waals surface area contributed by atoms with Crippen LogP contribution in [0.15, 0.2) is 85.7 Å². The largest absolute Gasteiger partial charge is 0.439 e. The molecule has 0 aliphatic heterocycles. The van der Waals surface area contributed by atoms with Crippen LogP contribution in [0.25, 0.3) is 27.7 Å². The highest BCUT2D eigenvalue weighted by molar-refractivity contribution is 7.90. The van der Waals surface area contributed by atoms with E-state index in [9.17, 15) is 8.42 Å². The van der Waals surface area contributed by atoms with Gasteiger partial charge in [0.2, 0.25) is 5.88 Å². The molecule has 6 rings (SSSR count). The Kier molecular flexibility index (Phi) is 6.89. The van der Waals surface area contributed by atoms with Crippen LogP contribution in [0.1, 0.15) is 5.56 Å². The van der Waals surface area contributed by atoms with Gasteiger partial charge >= 0.3 is 0 Å². The fourth-order valence-electron chi connectivity index (χ4n) is 4.38. The number of aryl methyl sites for hydroxylation is 1. The van der Waals surface area contributed by atoms with E-state index < -0.39 is 9.84 Å². The Balaban J connectivity index is 1.23. The van der Waals surface area contributed by atoms with Crippen molar-refractivity contribution in [2.24, 2.45) is 0 Å². The van der Waals surface area contributed by atoms with Crippen LogP contribution in [0, 0.1) is 6.92 Å². The summed E-state index contributed by atoms with van der Waals surface area (Å²) in [6.45, 7) is 2.31. The summed E-state index contributed by atoms with van der Waals surface area (Å²) in [6.07, 6.45) is 5.95. The summed E-state index contributed by atoms with van der Waals surface area (Å²) in [7, 11) is -3.03. The molecule has 0 amide bonds. The van der Waals surface area contributed by atoms with Gasteiger partial charge in [-0.1, -0.05) is 18.2 Å². The van der Waals surface area contributed by atoms with E-state index in [1.807, 2.05) is 67.6 Å². The highest BCUT2D eigenvalue weighted by Crippen LogP contribution is 2.32. The number of aromatic nitrogens is 6. The lowest BCUT2D eigenvalue weighted by atomic mass is 10.0. The molecule has 6 aromatic rings. The van der Waals surface area contributed by atoms with Crippen LogP contribution in [0.4, 0.5) is 17.2 Å². The Labute approximate surface area is 236 Å². The smallest absolute Gasteiger partial charge is 0.224 e. The minimum atomic E-state index is -3.03. The average molecular weight is 567 g/mol. The standard InChI is InChI=1S/C29H26N8O3S/c1-19-12-23(7-9-26(19)40-28-15-27-36-34-18-37(27)17-33-28)35-29-24-14-21(6-8-25(24)31-16-32-29)20-4-3-5-22(13-20)30-10-11-41(2,38)39/h3-9,12-18,30H,10-11H2,1-2H3,(H,31,32,35). The van der Waals surface area contributed by atoms with Crippen molar-refractivity contribution in [1.82, 2.24) is 29.5 Å². The van der Waals surface area contributed by atoms with Gasteiger partial charge in [0.05, 0.1) is 11.3 Å². The van der Waals surface area contributed by atoms with Crippen molar-refractivity contribution in [3.63, 3.8) is 0 Å². The molecule has 0 radical (unpaired) electrons. The first-order chi connectivity index (χ1) is 19.8. The summed E-state index contributed by atoms with van der Waals surface area (Å²) in [5.74, 6) is 1.85. The lowest BCUT2D eigenvalue weighted by molar-refractivity contribution is 0.458.